The maximum absolute atomic E-state index is 15.4. The minimum Gasteiger partial charge on any atom is -0.300 e. The Hall–Kier alpha value is -3.08. The van der Waals surface area contributed by atoms with Crippen molar-refractivity contribution >= 4 is 23.1 Å². The molecule has 2 aromatic rings. The van der Waals surface area contributed by atoms with Crippen LogP contribution in [0.4, 0.5) is 4.39 Å². The van der Waals surface area contributed by atoms with Crippen LogP contribution in [0.5, 0.6) is 0 Å². The molecular formula is C35H51FN2O2. The Balaban J connectivity index is 0.000000774. The van der Waals surface area contributed by atoms with Crippen LogP contribution in [-0.4, -0.2) is 34.5 Å². The van der Waals surface area contributed by atoms with Gasteiger partial charge in [-0.05, 0) is 87.8 Å². The molecule has 0 spiro atoms. The molecule has 1 fully saturated rings. The summed E-state index contributed by atoms with van der Waals surface area (Å²) in [5.41, 5.74) is 3.54. The van der Waals surface area contributed by atoms with Crippen molar-refractivity contribution in [2.75, 3.05) is 6.54 Å². The molecule has 2 aliphatic rings. The van der Waals surface area contributed by atoms with E-state index in [9.17, 15) is 9.59 Å². The summed E-state index contributed by atoms with van der Waals surface area (Å²) in [7, 11) is 0. The molecule has 5 heteroatoms. The van der Waals surface area contributed by atoms with Crippen molar-refractivity contribution in [3.63, 3.8) is 0 Å². The van der Waals surface area contributed by atoms with Gasteiger partial charge in [0.25, 0.3) is 5.91 Å². The van der Waals surface area contributed by atoms with Gasteiger partial charge in [0.2, 0.25) is 0 Å². The number of hydrogen-bond donors (Lipinski definition) is 0. The van der Waals surface area contributed by atoms with E-state index in [0.29, 0.717) is 35.6 Å². The summed E-state index contributed by atoms with van der Waals surface area (Å²) in [5, 5.41) is 0. The van der Waals surface area contributed by atoms with E-state index >= 15 is 4.39 Å². The Morgan fingerprint density at radius 1 is 1.12 bits per heavy atom. The number of allylic oxidation sites excluding steroid dienone is 1. The van der Waals surface area contributed by atoms with Crippen LogP contribution in [0.25, 0.3) is 5.57 Å². The van der Waals surface area contributed by atoms with Gasteiger partial charge >= 0.3 is 0 Å². The Morgan fingerprint density at radius 3 is 2.17 bits per heavy atom. The van der Waals surface area contributed by atoms with Gasteiger partial charge in [-0.1, -0.05) is 84.4 Å². The lowest BCUT2D eigenvalue weighted by atomic mass is 9.93. The molecule has 1 heterocycles. The molecule has 40 heavy (non-hydrogen) atoms. The number of benzene rings is 2. The van der Waals surface area contributed by atoms with Gasteiger partial charge in [0.05, 0.1) is 5.56 Å². The second kappa shape index (κ2) is 15.6. The third-order valence-corrected chi connectivity index (χ3v) is 7.40. The van der Waals surface area contributed by atoms with Gasteiger partial charge in [-0.25, -0.2) is 4.39 Å². The van der Waals surface area contributed by atoms with E-state index in [2.05, 4.69) is 37.9 Å². The molecule has 1 amide bonds. The molecule has 0 N–H and O–H groups in total. The second-order valence-corrected chi connectivity index (χ2v) is 10.7. The number of amides is 1. The van der Waals surface area contributed by atoms with Crippen molar-refractivity contribution in [3.05, 3.63) is 76.6 Å². The zero-order chi connectivity index (χ0) is 29.3. The molecule has 0 atom stereocenters. The van der Waals surface area contributed by atoms with Crippen molar-refractivity contribution in [2.45, 2.75) is 101 Å². The quantitative estimate of drug-likeness (QED) is 0.329. The van der Waals surface area contributed by atoms with E-state index in [1.807, 2.05) is 45.0 Å². The first-order valence-electron chi connectivity index (χ1n) is 14.5. The molecule has 4 rings (SSSR count). The Labute approximate surface area is 242 Å². The Bertz CT molecular complexity index is 1200. The van der Waals surface area contributed by atoms with Crippen LogP contribution < -0.4 is 0 Å². The number of ketones is 1. The van der Waals surface area contributed by atoms with Crippen molar-refractivity contribution in [1.29, 1.82) is 0 Å². The van der Waals surface area contributed by atoms with Gasteiger partial charge in [-0.3, -0.25) is 19.5 Å². The number of nitrogens with zero attached hydrogens (tertiary/aromatic N) is 2. The minimum atomic E-state index is -0.873. The smallest absolute Gasteiger partial charge is 0.255 e. The Morgan fingerprint density at radius 2 is 1.73 bits per heavy atom. The molecular weight excluding hydrogens is 499 g/mol. The number of halogens is 1. The second-order valence-electron chi connectivity index (χ2n) is 10.7. The van der Waals surface area contributed by atoms with Gasteiger partial charge in [0.15, 0.2) is 0 Å². The summed E-state index contributed by atoms with van der Waals surface area (Å²) >= 11 is 0. The highest BCUT2D eigenvalue weighted by molar-refractivity contribution is 6.15. The van der Waals surface area contributed by atoms with E-state index in [1.54, 1.807) is 37.8 Å². The molecule has 2 aromatic carbocycles. The van der Waals surface area contributed by atoms with Gasteiger partial charge in [0, 0.05) is 12.5 Å². The maximum Gasteiger partial charge on any atom is 0.255 e. The lowest BCUT2D eigenvalue weighted by molar-refractivity contribution is -0.130. The molecule has 0 bridgehead atoms. The number of carbonyl (C=O) groups excluding carboxylic acids is 2. The van der Waals surface area contributed by atoms with Crippen LogP contribution in [-0.2, 0) is 9.59 Å². The molecule has 1 aliphatic heterocycles. The predicted molar refractivity (Wildman–Crippen MR) is 168 cm³/mol. The van der Waals surface area contributed by atoms with Gasteiger partial charge in [-0.2, -0.15) is 0 Å². The summed E-state index contributed by atoms with van der Waals surface area (Å²) in [4.78, 5) is 29.5. The molecule has 1 aliphatic carbocycles. The van der Waals surface area contributed by atoms with Crippen molar-refractivity contribution in [1.82, 2.24) is 4.90 Å². The summed E-state index contributed by atoms with van der Waals surface area (Å²) in [6, 6.07) is 13.4. The third-order valence-electron chi connectivity index (χ3n) is 7.40. The van der Waals surface area contributed by atoms with Gasteiger partial charge in [0.1, 0.15) is 23.0 Å². The zero-order valence-corrected chi connectivity index (χ0v) is 25.4. The normalized spacial score (nSPS) is 15.9. The summed E-state index contributed by atoms with van der Waals surface area (Å²) in [6.07, 6.45) is 6.24. The number of rotatable bonds is 8. The van der Waals surface area contributed by atoms with Crippen molar-refractivity contribution < 1.29 is 14.0 Å². The fourth-order valence-electron chi connectivity index (χ4n) is 4.69. The van der Waals surface area contributed by atoms with Gasteiger partial charge < -0.3 is 0 Å². The number of aliphatic imine (C=N–C) groups is 1. The Kier molecular flexibility index (Phi) is 13.7. The minimum absolute atomic E-state index is 0. The number of carbonyl (C=O) groups is 2. The first kappa shape index (κ1) is 34.9. The monoisotopic (exact) mass is 550 g/mol. The highest BCUT2D eigenvalue weighted by Crippen LogP contribution is 2.31. The van der Waals surface area contributed by atoms with Crippen LogP contribution in [0.15, 0.2) is 53.5 Å². The number of hydrogen-bond acceptors (Lipinski definition) is 3. The molecule has 0 radical (unpaired) electrons. The number of Topliss-reactive ketones (excluding diaryl/α,β-unsaturated/α-hetero) is 1. The topological polar surface area (TPSA) is 49.7 Å². The highest BCUT2D eigenvalue weighted by Gasteiger charge is 2.42. The molecule has 220 valence electrons. The lowest BCUT2D eigenvalue weighted by Gasteiger charge is -2.25. The maximum atomic E-state index is 15.4. The van der Waals surface area contributed by atoms with E-state index in [-0.39, 0.29) is 19.2 Å². The highest BCUT2D eigenvalue weighted by atomic mass is 19.1. The first-order valence-corrected chi connectivity index (χ1v) is 14.5. The van der Waals surface area contributed by atoms with E-state index < -0.39 is 5.54 Å². The average molecular weight is 551 g/mol. The van der Waals surface area contributed by atoms with Crippen LogP contribution in [0.1, 0.15) is 111 Å². The number of amidine groups is 1. The van der Waals surface area contributed by atoms with Crippen LogP contribution in [0.2, 0.25) is 0 Å². The fourth-order valence-corrected chi connectivity index (χ4v) is 4.69. The van der Waals surface area contributed by atoms with E-state index in [0.717, 1.165) is 47.9 Å². The van der Waals surface area contributed by atoms with Crippen LogP contribution in [0.3, 0.4) is 0 Å². The third kappa shape index (κ3) is 8.46. The summed E-state index contributed by atoms with van der Waals surface area (Å²) in [5.74, 6) is 1.22. The lowest BCUT2D eigenvalue weighted by Crippen LogP contribution is -2.42. The predicted octanol–water partition coefficient (Wildman–Crippen LogP) is 9.04. The fraction of sp³-hybridized carbons (Fsp3) is 0.514. The van der Waals surface area contributed by atoms with Crippen LogP contribution >= 0.6 is 0 Å². The van der Waals surface area contributed by atoms with Crippen LogP contribution in [0, 0.1) is 24.6 Å². The zero-order valence-electron chi connectivity index (χ0n) is 25.4. The van der Waals surface area contributed by atoms with Crippen molar-refractivity contribution in [3.8, 4) is 0 Å². The summed E-state index contributed by atoms with van der Waals surface area (Å²) < 4.78 is 15.4. The molecule has 0 unspecified atom stereocenters. The number of aryl methyl sites for hydroxylation is 1. The molecule has 0 saturated heterocycles. The van der Waals surface area contributed by atoms with E-state index in [4.69, 9.17) is 0 Å². The largest absolute Gasteiger partial charge is 0.300 e. The average Bonchev–Trinajstić information content (AvgIpc) is 3.75. The van der Waals surface area contributed by atoms with Gasteiger partial charge in [-0.15, -0.1) is 0 Å². The standard InChI is InChI=1S/C27H33FN2O.C5H8O.C2H6.CH4/c1-7-19(8-2)17-30-25(29-27(5,6)26(30)31)23-15-14-20(16-24(23)28)21(9-3)22-13-11-10-12-18(22)4;1-4(6)5-2-3-5;1-2;/h9-16,19H,7-8,17H2,1-6H3;5H,2-3H2,1H3;1-2H3;1H4/b21-9-;;;. The molecule has 1 saturated carbocycles. The van der Waals surface area contributed by atoms with Crippen molar-refractivity contribution in [2.24, 2.45) is 16.8 Å². The SMILES string of the molecule is C.C/C=C(/c1ccc(C2=NC(C)(C)C(=O)N2CC(CC)CC)c(F)c1)c1ccccc1C.CC.CC(=O)C1CC1. The summed E-state index contributed by atoms with van der Waals surface area (Å²) in [6.45, 7) is 18.1. The molecule has 0 aromatic heterocycles. The first-order chi connectivity index (χ1) is 18.5. The van der Waals surface area contributed by atoms with E-state index in [1.165, 1.54) is 0 Å². The molecule has 4 nitrogen and oxygen atoms in total.